The molecule has 2 aromatic carbocycles. The Morgan fingerprint density at radius 3 is 2.45 bits per heavy atom. The number of ether oxygens (including phenoxy) is 1. The van der Waals surface area contributed by atoms with Crippen molar-refractivity contribution in [3.05, 3.63) is 53.0 Å². The number of rotatable bonds is 3. The maximum atomic E-state index is 5.87. The smallest absolute Gasteiger partial charge is 0.135 e. The molecule has 0 aliphatic rings. The van der Waals surface area contributed by atoms with Gasteiger partial charge in [-0.05, 0) is 62.4 Å². The molecule has 0 atom stereocenters. The molecular formula is C17H15BrO2. The zero-order valence-electron chi connectivity index (χ0n) is 11.4. The van der Waals surface area contributed by atoms with E-state index in [1.54, 1.807) is 0 Å². The van der Waals surface area contributed by atoms with Gasteiger partial charge in [0, 0.05) is 15.4 Å². The third kappa shape index (κ3) is 2.73. The average molecular weight is 331 g/mol. The van der Waals surface area contributed by atoms with Crippen molar-refractivity contribution >= 4 is 26.9 Å². The first-order valence-electron chi connectivity index (χ1n) is 6.58. The average Bonchev–Trinajstić information content (AvgIpc) is 2.81. The second-order valence-electron chi connectivity index (χ2n) is 4.98. The Balaban J connectivity index is 1.94. The predicted molar refractivity (Wildman–Crippen MR) is 85.1 cm³/mol. The summed E-state index contributed by atoms with van der Waals surface area (Å²) < 4.78 is 12.6. The molecule has 3 rings (SSSR count). The van der Waals surface area contributed by atoms with Crippen LogP contribution in [0.1, 0.15) is 13.8 Å². The molecule has 2 nitrogen and oxygen atoms in total. The molecule has 20 heavy (non-hydrogen) atoms. The van der Waals surface area contributed by atoms with Gasteiger partial charge in [0.1, 0.15) is 17.1 Å². The van der Waals surface area contributed by atoms with Crippen LogP contribution in [-0.4, -0.2) is 6.10 Å². The Morgan fingerprint density at radius 2 is 1.75 bits per heavy atom. The third-order valence-electron chi connectivity index (χ3n) is 2.99. The van der Waals surface area contributed by atoms with Crippen molar-refractivity contribution in [1.29, 1.82) is 0 Å². The number of hydrogen-bond donors (Lipinski definition) is 0. The van der Waals surface area contributed by atoms with E-state index in [9.17, 15) is 0 Å². The van der Waals surface area contributed by atoms with Crippen LogP contribution < -0.4 is 4.74 Å². The number of halogens is 1. The van der Waals surface area contributed by atoms with Gasteiger partial charge in [-0.25, -0.2) is 0 Å². The molecule has 102 valence electrons. The van der Waals surface area contributed by atoms with Crippen molar-refractivity contribution in [1.82, 2.24) is 0 Å². The lowest BCUT2D eigenvalue weighted by Gasteiger charge is -2.09. The van der Waals surface area contributed by atoms with E-state index < -0.39 is 0 Å². The summed E-state index contributed by atoms with van der Waals surface area (Å²) >= 11 is 3.47. The Bertz CT molecular complexity index is 726. The standard InChI is InChI=1S/C17H15BrO2/c1-11(2)19-15-6-3-12(4-7-15)17-10-13-9-14(18)5-8-16(13)20-17/h3-11H,1-2H3. The molecule has 1 heterocycles. The van der Waals surface area contributed by atoms with Crippen LogP contribution in [0.25, 0.3) is 22.3 Å². The Labute approximate surface area is 126 Å². The van der Waals surface area contributed by atoms with Crippen molar-refractivity contribution < 1.29 is 9.15 Å². The van der Waals surface area contributed by atoms with E-state index in [-0.39, 0.29) is 6.10 Å². The zero-order chi connectivity index (χ0) is 14.1. The van der Waals surface area contributed by atoms with Crippen molar-refractivity contribution in [2.75, 3.05) is 0 Å². The van der Waals surface area contributed by atoms with Gasteiger partial charge in [0.2, 0.25) is 0 Å². The molecule has 3 aromatic rings. The molecule has 0 radical (unpaired) electrons. The second-order valence-corrected chi connectivity index (χ2v) is 5.90. The lowest BCUT2D eigenvalue weighted by molar-refractivity contribution is 0.242. The van der Waals surface area contributed by atoms with Crippen LogP contribution in [0, 0.1) is 0 Å². The minimum atomic E-state index is 0.185. The van der Waals surface area contributed by atoms with Crippen LogP contribution in [0.3, 0.4) is 0 Å². The van der Waals surface area contributed by atoms with E-state index in [4.69, 9.17) is 9.15 Å². The Hall–Kier alpha value is -1.74. The molecule has 3 heteroatoms. The zero-order valence-corrected chi connectivity index (χ0v) is 13.0. The largest absolute Gasteiger partial charge is 0.491 e. The van der Waals surface area contributed by atoms with Gasteiger partial charge < -0.3 is 9.15 Å². The van der Waals surface area contributed by atoms with Crippen molar-refractivity contribution in [3.8, 4) is 17.1 Å². The summed E-state index contributed by atoms with van der Waals surface area (Å²) in [6, 6.07) is 16.0. The number of hydrogen-bond acceptors (Lipinski definition) is 2. The van der Waals surface area contributed by atoms with Crippen molar-refractivity contribution in [2.45, 2.75) is 20.0 Å². The predicted octanol–water partition coefficient (Wildman–Crippen LogP) is 5.65. The summed E-state index contributed by atoms with van der Waals surface area (Å²) in [5.74, 6) is 1.75. The van der Waals surface area contributed by atoms with Gasteiger partial charge in [0.05, 0.1) is 6.10 Å². The highest BCUT2D eigenvalue weighted by Gasteiger charge is 2.07. The van der Waals surface area contributed by atoms with Crippen LogP contribution in [0.15, 0.2) is 57.4 Å². The number of benzene rings is 2. The van der Waals surface area contributed by atoms with Gasteiger partial charge in [-0.3, -0.25) is 0 Å². The molecule has 0 fully saturated rings. The van der Waals surface area contributed by atoms with E-state index in [0.29, 0.717) is 0 Å². The summed E-state index contributed by atoms with van der Waals surface area (Å²) in [5.41, 5.74) is 1.94. The molecule has 0 saturated carbocycles. The van der Waals surface area contributed by atoms with Gasteiger partial charge in [-0.1, -0.05) is 15.9 Å². The molecule has 0 bridgehead atoms. The fraction of sp³-hybridized carbons (Fsp3) is 0.176. The van der Waals surface area contributed by atoms with Crippen LogP contribution in [-0.2, 0) is 0 Å². The molecule has 0 amide bonds. The molecule has 0 aliphatic carbocycles. The van der Waals surface area contributed by atoms with Gasteiger partial charge >= 0.3 is 0 Å². The fourth-order valence-corrected chi connectivity index (χ4v) is 2.51. The number of fused-ring (bicyclic) bond motifs is 1. The van der Waals surface area contributed by atoms with Crippen LogP contribution >= 0.6 is 15.9 Å². The molecule has 1 aromatic heterocycles. The lowest BCUT2D eigenvalue weighted by atomic mass is 10.1. The van der Waals surface area contributed by atoms with E-state index in [1.807, 2.05) is 50.2 Å². The lowest BCUT2D eigenvalue weighted by Crippen LogP contribution is -2.05. The quantitative estimate of drug-likeness (QED) is 0.619. The minimum absolute atomic E-state index is 0.185. The molecule has 0 aliphatic heterocycles. The highest BCUT2D eigenvalue weighted by molar-refractivity contribution is 9.10. The summed E-state index contributed by atoms with van der Waals surface area (Å²) in [6.07, 6.45) is 0.185. The van der Waals surface area contributed by atoms with E-state index >= 15 is 0 Å². The maximum Gasteiger partial charge on any atom is 0.135 e. The molecular weight excluding hydrogens is 316 g/mol. The van der Waals surface area contributed by atoms with E-state index in [2.05, 4.69) is 28.1 Å². The van der Waals surface area contributed by atoms with Crippen LogP contribution in [0.2, 0.25) is 0 Å². The first-order chi connectivity index (χ1) is 9.61. The van der Waals surface area contributed by atoms with Crippen LogP contribution in [0.5, 0.6) is 5.75 Å². The summed E-state index contributed by atoms with van der Waals surface area (Å²) in [7, 11) is 0. The highest BCUT2D eigenvalue weighted by atomic mass is 79.9. The first-order valence-corrected chi connectivity index (χ1v) is 7.37. The highest BCUT2D eigenvalue weighted by Crippen LogP contribution is 2.30. The van der Waals surface area contributed by atoms with Crippen molar-refractivity contribution in [3.63, 3.8) is 0 Å². The Kier molecular flexibility index (Phi) is 3.53. The first kappa shape index (κ1) is 13.3. The topological polar surface area (TPSA) is 22.4 Å². The summed E-state index contributed by atoms with van der Waals surface area (Å²) in [5, 5.41) is 1.09. The molecule has 0 saturated heterocycles. The monoisotopic (exact) mass is 330 g/mol. The van der Waals surface area contributed by atoms with Gasteiger partial charge in [0.25, 0.3) is 0 Å². The molecule has 0 N–H and O–H groups in total. The van der Waals surface area contributed by atoms with Gasteiger partial charge in [-0.2, -0.15) is 0 Å². The fourth-order valence-electron chi connectivity index (χ4n) is 2.13. The summed E-state index contributed by atoms with van der Waals surface area (Å²) in [6.45, 7) is 4.04. The number of furan rings is 1. The molecule has 0 spiro atoms. The summed E-state index contributed by atoms with van der Waals surface area (Å²) in [4.78, 5) is 0. The molecule has 0 unspecified atom stereocenters. The normalized spacial score (nSPS) is 11.2. The minimum Gasteiger partial charge on any atom is -0.491 e. The second kappa shape index (κ2) is 5.33. The third-order valence-corrected chi connectivity index (χ3v) is 3.48. The van der Waals surface area contributed by atoms with Gasteiger partial charge in [0.15, 0.2) is 0 Å². The SMILES string of the molecule is CC(C)Oc1ccc(-c2cc3cc(Br)ccc3o2)cc1. The maximum absolute atomic E-state index is 5.87. The van der Waals surface area contributed by atoms with E-state index in [0.717, 1.165) is 32.5 Å². The van der Waals surface area contributed by atoms with E-state index in [1.165, 1.54) is 0 Å². The van der Waals surface area contributed by atoms with Crippen molar-refractivity contribution in [2.24, 2.45) is 0 Å². The van der Waals surface area contributed by atoms with Gasteiger partial charge in [-0.15, -0.1) is 0 Å². The van der Waals surface area contributed by atoms with Crippen LogP contribution in [0.4, 0.5) is 0 Å². The Morgan fingerprint density at radius 1 is 1.00 bits per heavy atom.